The molecule has 21 heavy (non-hydrogen) atoms. The highest BCUT2D eigenvalue weighted by Crippen LogP contribution is 2.28. The first-order valence-corrected chi connectivity index (χ1v) is 8.49. The second-order valence-electron chi connectivity index (χ2n) is 6.43. The number of guanidine groups is 1. The van der Waals surface area contributed by atoms with Crippen LogP contribution in [0.3, 0.4) is 0 Å². The number of halogens is 1. The molecule has 0 aromatic rings. The van der Waals surface area contributed by atoms with Crippen LogP contribution in [-0.4, -0.2) is 50.1 Å². The van der Waals surface area contributed by atoms with Gasteiger partial charge in [-0.05, 0) is 57.7 Å². The number of rotatable bonds is 7. The predicted octanol–water partition coefficient (Wildman–Crippen LogP) is 2.83. The molecule has 1 heterocycles. The van der Waals surface area contributed by atoms with Crippen LogP contribution in [0.5, 0.6) is 0 Å². The summed E-state index contributed by atoms with van der Waals surface area (Å²) in [6.07, 6.45) is 9.44. The van der Waals surface area contributed by atoms with E-state index in [0.29, 0.717) is 6.04 Å². The molecule has 2 fully saturated rings. The lowest BCUT2D eigenvalue weighted by Gasteiger charge is -2.26. The Bertz CT molecular complexity index is 303. The summed E-state index contributed by atoms with van der Waals surface area (Å²) in [7, 11) is 1.86. The first kappa shape index (κ1) is 19.0. The van der Waals surface area contributed by atoms with E-state index in [2.05, 4.69) is 27.4 Å². The van der Waals surface area contributed by atoms with Crippen molar-refractivity contribution in [2.24, 2.45) is 10.9 Å². The maximum atomic E-state index is 4.28. The maximum absolute atomic E-state index is 4.28. The van der Waals surface area contributed by atoms with Gasteiger partial charge in [-0.1, -0.05) is 19.8 Å². The third-order valence-corrected chi connectivity index (χ3v) is 4.55. The summed E-state index contributed by atoms with van der Waals surface area (Å²) in [6.45, 7) is 7.28. The zero-order valence-corrected chi connectivity index (χ0v) is 16.1. The van der Waals surface area contributed by atoms with Crippen LogP contribution in [-0.2, 0) is 0 Å². The standard InChI is InChI=1S/C16H32N4.HI/c1-14-13-15(14)19-16(17-2)18-9-5-3-6-10-20-11-7-4-8-12-20;/h14-15H,3-13H2,1-2H3,(H2,17,18,19);1H. The molecule has 0 aromatic carbocycles. The Morgan fingerprint density at radius 2 is 1.86 bits per heavy atom. The van der Waals surface area contributed by atoms with Crippen molar-refractivity contribution in [3.05, 3.63) is 0 Å². The number of nitrogens with zero attached hydrogens (tertiary/aromatic N) is 2. The van der Waals surface area contributed by atoms with E-state index in [1.807, 2.05) is 7.05 Å². The van der Waals surface area contributed by atoms with E-state index < -0.39 is 0 Å². The topological polar surface area (TPSA) is 39.7 Å². The SMILES string of the molecule is CN=C(NCCCCCN1CCCCC1)NC1CC1C.I. The Balaban J connectivity index is 0.00000220. The molecule has 2 unspecified atom stereocenters. The van der Waals surface area contributed by atoms with Crippen molar-refractivity contribution in [3.8, 4) is 0 Å². The summed E-state index contributed by atoms with van der Waals surface area (Å²) in [5.74, 6) is 1.80. The van der Waals surface area contributed by atoms with Crippen LogP contribution in [0.4, 0.5) is 0 Å². The van der Waals surface area contributed by atoms with Crippen LogP contribution >= 0.6 is 24.0 Å². The average molecular weight is 408 g/mol. The maximum Gasteiger partial charge on any atom is 0.191 e. The van der Waals surface area contributed by atoms with Gasteiger partial charge < -0.3 is 15.5 Å². The van der Waals surface area contributed by atoms with Crippen molar-refractivity contribution in [3.63, 3.8) is 0 Å². The molecule has 124 valence electrons. The molecule has 0 aromatic heterocycles. The van der Waals surface area contributed by atoms with Crippen LogP contribution in [0.15, 0.2) is 4.99 Å². The minimum absolute atomic E-state index is 0. The van der Waals surface area contributed by atoms with Crippen molar-refractivity contribution in [1.29, 1.82) is 0 Å². The highest BCUT2D eigenvalue weighted by Gasteiger charge is 2.33. The molecule has 1 saturated heterocycles. The first-order chi connectivity index (χ1) is 9.79. The van der Waals surface area contributed by atoms with E-state index in [-0.39, 0.29) is 24.0 Å². The number of aliphatic imine (C=N–C) groups is 1. The minimum atomic E-state index is 0. The second kappa shape index (κ2) is 10.6. The predicted molar refractivity (Wildman–Crippen MR) is 102 cm³/mol. The summed E-state index contributed by atoms with van der Waals surface area (Å²) < 4.78 is 0. The van der Waals surface area contributed by atoms with E-state index in [1.165, 1.54) is 64.6 Å². The summed E-state index contributed by atoms with van der Waals surface area (Å²) in [4.78, 5) is 6.91. The molecule has 1 aliphatic carbocycles. The number of piperidine rings is 1. The Labute approximate surface area is 147 Å². The van der Waals surface area contributed by atoms with Crippen LogP contribution in [0, 0.1) is 5.92 Å². The van der Waals surface area contributed by atoms with Crippen molar-refractivity contribution >= 4 is 29.9 Å². The third kappa shape index (κ3) is 7.68. The highest BCUT2D eigenvalue weighted by atomic mass is 127. The van der Waals surface area contributed by atoms with Gasteiger partial charge in [0, 0.05) is 19.6 Å². The van der Waals surface area contributed by atoms with Crippen LogP contribution in [0.25, 0.3) is 0 Å². The van der Waals surface area contributed by atoms with Gasteiger partial charge in [0.05, 0.1) is 0 Å². The lowest BCUT2D eigenvalue weighted by atomic mass is 10.1. The second-order valence-corrected chi connectivity index (χ2v) is 6.43. The van der Waals surface area contributed by atoms with Crippen LogP contribution in [0.1, 0.15) is 51.9 Å². The van der Waals surface area contributed by atoms with Gasteiger partial charge in [0.25, 0.3) is 0 Å². The quantitative estimate of drug-likeness (QED) is 0.295. The molecule has 0 bridgehead atoms. The Morgan fingerprint density at radius 1 is 1.14 bits per heavy atom. The Hall–Kier alpha value is -0.0400. The molecule has 2 rings (SSSR count). The number of likely N-dealkylation sites (tertiary alicyclic amines) is 1. The van der Waals surface area contributed by atoms with Gasteiger partial charge in [-0.15, -0.1) is 24.0 Å². The molecule has 1 aliphatic heterocycles. The molecule has 1 saturated carbocycles. The fraction of sp³-hybridized carbons (Fsp3) is 0.938. The molecule has 0 spiro atoms. The van der Waals surface area contributed by atoms with Gasteiger partial charge in [-0.3, -0.25) is 4.99 Å². The molecule has 5 heteroatoms. The molecular weight excluding hydrogens is 375 g/mol. The molecule has 0 radical (unpaired) electrons. The van der Waals surface area contributed by atoms with E-state index in [1.54, 1.807) is 0 Å². The highest BCUT2D eigenvalue weighted by molar-refractivity contribution is 14.0. The number of unbranched alkanes of at least 4 members (excludes halogenated alkanes) is 2. The molecule has 4 nitrogen and oxygen atoms in total. The lowest BCUT2D eigenvalue weighted by Crippen LogP contribution is -2.39. The van der Waals surface area contributed by atoms with E-state index >= 15 is 0 Å². The van der Waals surface area contributed by atoms with Crippen LogP contribution in [0.2, 0.25) is 0 Å². The summed E-state index contributed by atoms with van der Waals surface area (Å²) in [5, 5.41) is 6.89. The molecule has 0 amide bonds. The van der Waals surface area contributed by atoms with E-state index in [4.69, 9.17) is 0 Å². The smallest absolute Gasteiger partial charge is 0.191 e. The number of nitrogens with one attached hydrogen (secondary N) is 2. The summed E-state index contributed by atoms with van der Waals surface area (Å²) >= 11 is 0. The largest absolute Gasteiger partial charge is 0.356 e. The van der Waals surface area contributed by atoms with Gasteiger partial charge in [-0.2, -0.15) is 0 Å². The lowest BCUT2D eigenvalue weighted by molar-refractivity contribution is 0.224. The van der Waals surface area contributed by atoms with Crippen molar-refractivity contribution < 1.29 is 0 Å². The summed E-state index contributed by atoms with van der Waals surface area (Å²) in [6, 6.07) is 0.653. The van der Waals surface area contributed by atoms with Gasteiger partial charge in [0.15, 0.2) is 5.96 Å². The first-order valence-electron chi connectivity index (χ1n) is 8.49. The Morgan fingerprint density at radius 3 is 2.48 bits per heavy atom. The molecule has 2 atom stereocenters. The van der Waals surface area contributed by atoms with Crippen molar-refractivity contribution in [1.82, 2.24) is 15.5 Å². The van der Waals surface area contributed by atoms with Gasteiger partial charge >= 0.3 is 0 Å². The molecular formula is C16H33IN4. The number of hydrogen-bond donors (Lipinski definition) is 2. The third-order valence-electron chi connectivity index (χ3n) is 4.55. The minimum Gasteiger partial charge on any atom is -0.356 e. The molecule has 2 N–H and O–H groups in total. The zero-order chi connectivity index (χ0) is 14.2. The Kier molecular flexibility index (Phi) is 9.64. The van der Waals surface area contributed by atoms with Gasteiger partial charge in [0.1, 0.15) is 0 Å². The van der Waals surface area contributed by atoms with Gasteiger partial charge in [0.2, 0.25) is 0 Å². The summed E-state index contributed by atoms with van der Waals surface area (Å²) in [5.41, 5.74) is 0. The van der Waals surface area contributed by atoms with E-state index in [9.17, 15) is 0 Å². The fourth-order valence-electron chi connectivity index (χ4n) is 2.92. The van der Waals surface area contributed by atoms with Crippen molar-refractivity contribution in [2.45, 2.75) is 57.9 Å². The fourth-order valence-corrected chi connectivity index (χ4v) is 2.92. The van der Waals surface area contributed by atoms with Crippen molar-refractivity contribution in [2.75, 3.05) is 33.2 Å². The molecule has 2 aliphatic rings. The average Bonchev–Trinajstić information content (AvgIpc) is 3.17. The zero-order valence-electron chi connectivity index (χ0n) is 13.7. The van der Waals surface area contributed by atoms with Gasteiger partial charge in [-0.25, -0.2) is 0 Å². The normalized spacial score (nSPS) is 26.1. The van der Waals surface area contributed by atoms with Crippen LogP contribution < -0.4 is 10.6 Å². The number of hydrogen-bond acceptors (Lipinski definition) is 2. The van der Waals surface area contributed by atoms with E-state index in [0.717, 1.165) is 18.4 Å². The monoisotopic (exact) mass is 408 g/mol.